The van der Waals surface area contributed by atoms with Gasteiger partial charge in [-0.1, -0.05) is 34.1 Å². The summed E-state index contributed by atoms with van der Waals surface area (Å²) in [5, 5.41) is 0. The molecular weight excluding hydrogens is 232 g/mol. The summed E-state index contributed by atoms with van der Waals surface area (Å²) in [5.74, 6) is -0.0469. The summed E-state index contributed by atoms with van der Waals surface area (Å²) in [4.78, 5) is 11.2. The first-order valence-corrected chi connectivity index (χ1v) is 4.72. The van der Waals surface area contributed by atoms with Crippen LogP contribution in [-0.2, 0) is 11.2 Å². The Morgan fingerprint density at radius 1 is 1.46 bits per heavy atom. The molecule has 0 aliphatic heterocycles. The summed E-state index contributed by atoms with van der Waals surface area (Å²) in [5.41, 5.74) is 6.09. The zero-order chi connectivity index (χ0) is 9.68. The minimum Gasteiger partial charge on any atom is -0.292 e. The molecule has 0 aliphatic rings. The average molecular weight is 243 g/mol. The lowest BCUT2D eigenvalue weighted by atomic mass is 10.1. The number of hydrogen-bond donors (Lipinski definition) is 2. The maximum absolute atomic E-state index is 11.2. The number of rotatable bonds is 3. The molecule has 0 atom stereocenters. The highest BCUT2D eigenvalue weighted by Gasteiger charge is 2.04. The molecular formula is C9H11BrN2O. The van der Waals surface area contributed by atoms with Crippen LogP contribution in [0.4, 0.5) is 0 Å². The molecule has 0 aromatic heterocycles. The predicted octanol–water partition coefficient (Wildman–Crippen LogP) is 1.24. The van der Waals surface area contributed by atoms with Crippen molar-refractivity contribution < 1.29 is 4.79 Å². The van der Waals surface area contributed by atoms with Gasteiger partial charge in [-0.2, -0.15) is 0 Å². The molecule has 0 unspecified atom stereocenters. The number of amides is 1. The Bertz CT molecular complexity index is 301. The van der Waals surface area contributed by atoms with Crippen molar-refractivity contribution >= 4 is 21.8 Å². The molecule has 4 heteroatoms. The maximum atomic E-state index is 11.2. The highest BCUT2D eigenvalue weighted by atomic mass is 79.9. The van der Waals surface area contributed by atoms with Crippen molar-refractivity contribution in [2.24, 2.45) is 0 Å². The lowest BCUT2D eigenvalue weighted by Crippen LogP contribution is -2.35. The second-order valence-corrected chi connectivity index (χ2v) is 3.42. The summed E-state index contributed by atoms with van der Waals surface area (Å²) in [6.07, 6.45) is 0.377. The molecule has 0 bridgehead atoms. The van der Waals surface area contributed by atoms with E-state index in [2.05, 4.69) is 26.8 Å². The van der Waals surface area contributed by atoms with Crippen LogP contribution in [0.15, 0.2) is 28.7 Å². The third-order valence-corrected chi connectivity index (χ3v) is 2.35. The van der Waals surface area contributed by atoms with Gasteiger partial charge >= 0.3 is 0 Å². The van der Waals surface area contributed by atoms with E-state index in [0.717, 1.165) is 10.0 Å². The molecule has 0 saturated heterocycles. The van der Waals surface area contributed by atoms with Crippen molar-refractivity contribution in [3.63, 3.8) is 0 Å². The van der Waals surface area contributed by atoms with Gasteiger partial charge in [0.15, 0.2) is 0 Å². The van der Waals surface area contributed by atoms with Gasteiger partial charge in [-0.25, -0.2) is 5.43 Å². The van der Waals surface area contributed by atoms with Crippen LogP contribution in [0, 0.1) is 0 Å². The van der Waals surface area contributed by atoms with E-state index in [1.165, 1.54) is 0 Å². The monoisotopic (exact) mass is 242 g/mol. The van der Waals surface area contributed by atoms with Crippen LogP contribution in [0.25, 0.3) is 0 Å². The van der Waals surface area contributed by atoms with E-state index in [9.17, 15) is 4.79 Å². The number of nitrogens with one attached hydrogen (secondary N) is 2. The van der Waals surface area contributed by atoms with Gasteiger partial charge in [-0.15, -0.1) is 0 Å². The normalized spacial score (nSPS) is 9.69. The number of hydrogen-bond acceptors (Lipinski definition) is 2. The Morgan fingerprint density at radius 3 is 2.77 bits per heavy atom. The van der Waals surface area contributed by atoms with E-state index < -0.39 is 0 Å². The molecule has 13 heavy (non-hydrogen) atoms. The highest BCUT2D eigenvalue weighted by Crippen LogP contribution is 2.15. The maximum Gasteiger partial charge on any atom is 0.238 e. The quantitative estimate of drug-likeness (QED) is 0.784. The molecule has 0 heterocycles. The summed E-state index contributed by atoms with van der Waals surface area (Å²) in [6, 6.07) is 7.66. The zero-order valence-electron chi connectivity index (χ0n) is 7.30. The first-order chi connectivity index (χ1) is 6.24. The van der Waals surface area contributed by atoms with Gasteiger partial charge in [0.25, 0.3) is 0 Å². The van der Waals surface area contributed by atoms with Crippen molar-refractivity contribution in [3.8, 4) is 0 Å². The largest absolute Gasteiger partial charge is 0.292 e. The molecule has 70 valence electrons. The molecule has 1 rings (SSSR count). The number of hydrazine groups is 1. The summed E-state index contributed by atoms with van der Waals surface area (Å²) < 4.78 is 0.959. The standard InChI is InChI=1S/C9H11BrN2O/c1-11-12-9(13)6-7-4-2-3-5-8(7)10/h2-5,11H,6H2,1H3,(H,12,13). The molecule has 3 nitrogen and oxygen atoms in total. The predicted molar refractivity (Wildman–Crippen MR) is 55.0 cm³/mol. The average Bonchev–Trinajstić information content (AvgIpc) is 2.09. The van der Waals surface area contributed by atoms with E-state index in [-0.39, 0.29) is 5.91 Å². The Kier molecular flexibility index (Phi) is 3.92. The Balaban J connectivity index is 2.63. The Labute approximate surface area is 85.6 Å². The minimum atomic E-state index is -0.0469. The lowest BCUT2D eigenvalue weighted by molar-refractivity contribution is -0.121. The third-order valence-electron chi connectivity index (χ3n) is 1.57. The van der Waals surface area contributed by atoms with Gasteiger partial charge in [-0.05, 0) is 11.6 Å². The fourth-order valence-electron chi connectivity index (χ4n) is 0.998. The Hall–Kier alpha value is -0.870. The van der Waals surface area contributed by atoms with Crippen LogP contribution < -0.4 is 10.9 Å². The molecule has 0 spiro atoms. The molecule has 0 aliphatic carbocycles. The number of carbonyl (C=O) groups is 1. The summed E-state index contributed by atoms with van der Waals surface area (Å²) >= 11 is 3.38. The summed E-state index contributed by atoms with van der Waals surface area (Å²) in [7, 11) is 1.66. The van der Waals surface area contributed by atoms with Crippen molar-refractivity contribution in [1.29, 1.82) is 0 Å². The first-order valence-electron chi connectivity index (χ1n) is 3.93. The molecule has 1 amide bonds. The molecule has 0 radical (unpaired) electrons. The number of benzene rings is 1. The summed E-state index contributed by atoms with van der Waals surface area (Å²) in [6.45, 7) is 0. The van der Waals surface area contributed by atoms with Gasteiger partial charge in [0.05, 0.1) is 6.42 Å². The molecule has 1 aromatic carbocycles. The van der Waals surface area contributed by atoms with Crippen LogP contribution in [-0.4, -0.2) is 13.0 Å². The van der Waals surface area contributed by atoms with E-state index in [4.69, 9.17) is 0 Å². The first kappa shape index (κ1) is 10.2. The zero-order valence-corrected chi connectivity index (χ0v) is 8.89. The molecule has 0 saturated carbocycles. The van der Waals surface area contributed by atoms with Crippen LogP contribution in [0.1, 0.15) is 5.56 Å². The third kappa shape index (κ3) is 3.16. The second kappa shape index (κ2) is 4.99. The Morgan fingerprint density at radius 2 is 2.15 bits per heavy atom. The number of carbonyl (C=O) groups excluding carboxylic acids is 1. The fourth-order valence-corrected chi connectivity index (χ4v) is 1.42. The van der Waals surface area contributed by atoms with Crippen molar-refractivity contribution in [2.75, 3.05) is 7.05 Å². The van der Waals surface area contributed by atoms with E-state index >= 15 is 0 Å². The van der Waals surface area contributed by atoms with E-state index in [0.29, 0.717) is 6.42 Å². The minimum absolute atomic E-state index is 0.0469. The van der Waals surface area contributed by atoms with Crippen LogP contribution >= 0.6 is 15.9 Å². The highest BCUT2D eigenvalue weighted by molar-refractivity contribution is 9.10. The van der Waals surface area contributed by atoms with Crippen LogP contribution in [0.5, 0.6) is 0 Å². The van der Waals surface area contributed by atoms with Gasteiger partial charge < -0.3 is 0 Å². The van der Waals surface area contributed by atoms with Gasteiger partial charge in [0.2, 0.25) is 5.91 Å². The molecule has 2 N–H and O–H groups in total. The second-order valence-electron chi connectivity index (χ2n) is 2.57. The fraction of sp³-hybridized carbons (Fsp3) is 0.222. The molecule has 1 aromatic rings. The van der Waals surface area contributed by atoms with Crippen molar-refractivity contribution in [3.05, 3.63) is 34.3 Å². The van der Waals surface area contributed by atoms with Crippen molar-refractivity contribution in [2.45, 2.75) is 6.42 Å². The van der Waals surface area contributed by atoms with Crippen LogP contribution in [0.3, 0.4) is 0 Å². The molecule has 0 fully saturated rings. The number of halogens is 1. The van der Waals surface area contributed by atoms with Gasteiger partial charge in [0.1, 0.15) is 0 Å². The van der Waals surface area contributed by atoms with E-state index in [1.807, 2.05) is 24.3 Å². The van der Waals surface area contributed by atoms with E-state index in [1.54, 1.807) is 7.05 Å². The lowest BCUT2D eigenvalue weighted by Gasteiger charge is -2.04. The van der Waals surface area contributed by atoms with Gasteiger partial charge in [0, 0.05) is 11.5 Å². The topological polar surface area (TPSA) is 41.1 Å². The SMILES string of the molecule is CNNC(=O)Cc1ccccc1Br. The smallest absolute Gasteiger partial charge is 0.238 e. The van der Waals surface area contributed by atoms with Gasteiger partial charge in [-0.3, -0.25) is 10.2 Å². The van der Waals surface area contributed by atoms with Crippen LogP contribution in [0.2, 0.25) is 0 Å². The van der Waals surface area contributed by atoms with Crippen molar-refractivity contribution in [1.82, 2.24) is 10.9 Å².